The summed E-state index contributed by atoms with van der Waals surface area (Å²) in [4.78, 5) is 2.80. The van der Waals surface area contributed by atoms with E-state index in [-0.39, 0.29) is 0 Å². The summed E-state index contributed by atoms with van der Waals surface area (Å²) < 4.78 is 0. The molecular weight excluding hydrogens is 392 g/mol. The largest absolute Gasteiger partial charge is 0.0912 e. The van der Waals surface area contributed by atoms with Gasteiger partial charge in [-0.1, -0.05) is 90.7 Å². The van der Waals surface area contributed by atoms with Crippen molar-refractivity contribution in [1.29, 1.82) is 0 Å². The number of hydrogen-bond acceptors (Lipinski definition) is 1. The highest BCUT2D eigenvalue weighted by atomic mass is 32.2. The lowest BCUT2D eigenvalue weighted by Gasteiger charge is -2.21. The van der Waals surface area contributed by atoms with Gasteiger partial charge in [0.25, 0.3) is 0 Å². The van der Waals surface area contributed by atoms with Crippen LogP contribution in [0.2, 0.25) is 0 Å². The fourth-order valence-corrected chi connectivity index (χ4v) is 5.72. The SMILES string of the molecule is C=c1cccc/c1=C/C(=C\C)C1=C2CCC(C)=C2SC(c2ccc3ccccc3c2)=C1. The van der Waals surface area contributed by atoms with Gasteiger partial charge in [0.05, 0.1) is 0 Å². The Morgan fingerprint density at radius 1 is 0.935 bits per heavy atom. The first-order valence-corrected chi connectivity index (χ1v) is 11.7. The number of hydrogen-bond donors (Lipinski definition) is 0. The van der Waals surface area contributed by atoms with Gasteiger partial charge in [-0.05, 0) is 88.4 Å². The second-order valence-corrected chi connectivity index (χ2v) is 9.31. The Morgan fingerprint density at radius 3 is 2.52 bits per heavy atom. The minimum absolute atomic E-state index is 1.06. The van der Waals surface area contributed by atoms with E-state index < -0.39 is 0 Å². The van der Waals surface area contributed by atoms with Crippen molar-refractivity contribution in [3.05, 3.63) is 122 Å². The van der Waals surface area contributed by atoms with Crippen molar-refractivity contribution in [3.63, 3.8) is 0 Å². The molecule has 0 nitrogen and oxygen atoms in total. The Bertz CT molecular complexity index is 1430. The van der Waals surface area contributed by atoms with E-state index in [1.165, 1.54) is 53.7 Å². The van der Waals surface area contributed by atoms with Crippen LogP contribution in [-0.2, 0) is 0 Å². The maximum atomic E-state index is 4.22. The molecule has 3 aromatic carbocycles. The Morgan fingerprint density at radius 2 is 1.71 bits per heavy atom. The van der Waals surface area contributed by atoms with Crippen LogP contribution in [-0.4, -0.2) is 0 Å². The van der Waals surface area contributed by atoms with Gasteiger partial charge in [-0.3, -0.25) is 0 Å². The van der Waals surface area contributed by atoms with Crippen LogP contribution >= 0.6 is 11.8 Å². The molecule has 0 aromatic heterocycles. The van der Waals surface area contributed by atoms with Crippen LogP contribution in [0.25, 0.3) is 28.3 Å². The van der Waals surface area contributed by atoms with E-state index in [4.69, 9.17) is 0 Å². The second-order valence-electron chi connectivity index (χ2n) is 8.26. The van der Waals surface area contributed by atoms with Crippen LogP contribution in [0.4, 0.5) is 0 Å². The molecule has 0 unspecified atom stereocenters. The normalized spacial score (nSPS) is 17.4. The second kappa shape index (κ2) is 8.24. The molecular formula is C30H26S. The van der Waals surface area contributed by atoms with E-state index >= 15 is 0 Å². The fraction of sp³-hybridized carbons (Fsp3) is 0.133. The molecule has 31 heavy (non-hydrogen) atoms. The third-order valence-corrected chi connectivity index (χ3v) is 7.62. The van der Waals surface area contributed by atoms with Gasteiger partial charge in [-0.15, -0.1) is 0 Å². The quantitative estimate of drug-likeness (QED) is 0.436. The predicted octanol–water partition coefficient (Wildman–Crippen LogP) is 7.13. The van der Waals surface area contributed by atoms with Crippen molar-refractivity contribution in [3.8, 4) is 0 Å². The Kier molecular flexibility index (Phi) is 5.29. The van der Waals surface area contributed by atoms with Crippen molar-refractivity contribution in [2.45, 2.75) is 26.7 Å². The summed E-state index contributed by atoms with van der Waals surface area (Å²) in [7, 11) is 0. The van der Waals surface area contributed by atoms with Crippen molar-refractivity contribution < 1.29 is 0 Å². The number of fused-ring (bicyclic) bond motifs is 2. The van der Waals surface area contributed by atoms with Gasteiger partial charge in [-0.2, -0.15) is 0 Å². The maximum Gasteiger partial charge on any atom is 0.0201 e. The van der Waals surface area contributed by atoms with Crippen LogP contribution in [0, 0.1) is 0 Å². The molecule has 1 aliphatic carbocycles. The van der Waals surface area contributed by atoms with Crippen molar-refractivity contribution in [1.82, 2.24) is 0 Å². The Labute approximate surface area is 188 Å². The maximum absolute atomic E-state index is 4.22. The molecule has 0 bridgehead atoms. The third kappa shape index (κ3) is 3.75. The molecule has 0 spiro atoms. The van der Waals surface area contributed by atoms with Gasteiger partial charge in [0.1, 0.15) is 0 Å². The zero-order valence-electron chi connectivity index (χ0n) is 18.1. The molecule has 0 N–H and O–H groups in total. The van der Waals surface area contributed by atoms with Crippen LogP contribution < -0.4 is 10.4 Å². The van der Waals surface area contributed by atoms with Crippen molar-refractivity contribution in [2.75, 3.05) is 0 Å². The minimum Gasteiger partial charge on any atom is -0.0912 e. The smallest absolute Gasteiger partial charge is 0.0201 e. The van der Waals surface area contributed by atoms with Gasteiger partial charge < -0.3 is 0 Å². The number of rotatable bonds is 3. The molecule has 0 fully saturated rings. The zero-order valence-corrected chi connectivity index (χ0v) is 18.9. The molecule has 3 aromatic rings. The first-order chi connectivity index (χ1) is 15.1. The highest BCUT2D eigenvalue weighted by Gasteiger charge is 2.27. The van der Waals surface area contributed by atoms with E-state index in [1.807, 2.05) is 17.8 Å². The first kappa shape index (κ1) is 19.9. The van der Waals surface area contributed by atoms with Crippen LogP contribution in [0.1, 0.15) is 32.3 Å². The molecule has 2 aliphatic rings. The topological polar surface area (TPSA) is 0 Å². The molecule has 1 heterocycles. The standard InChI is InChI=1S/C30H26S/c1-4-22(17-24-11-6-5-9-20(24)2)28-19-29(31-30-21(3)13-16-27(28)30)26-15-14-23-10-7-8-12-25(23)18-26/h4-12,14-15,17-19H,2,13,16H2,1,3H3/b22-4+,24-17-. The van der Waals surface area contributed by atoms with Gasteiger partial charge in [0, 0.05) is 9.81 Å². The summed E-state index contributed by atoms with van der Waals surface area (Å²) in [6.45, 7) is 8.65. The highest BCUT2D eigenvalue weighted by molar-refractivity contribution is 8.12. The van der Waals surface area contributed by atoms with Crippen molar-refractivity contribution in [2.24, 2.45) is 0 Å². The summed E-state index contributed by atoms with van der Waals surface area (Å²) in [6.07, 6.45) is 9.22. The number of benzene rings is 3. The van der Waals surface area contributed by atoms with E-state index in [0.29, 0.717) is 0 Å². The summed E-state index contributed by atoms with van der Waals surface area (Å²) in [5, 5.41) is 4.83. The highest BCUT2D eigenvalue weighted by Crippen LogP contribution is 2.51. The molecule has 0 radical (unpaired) electrons. The van der Waals surface area contributed by atoms with Crippen LogP contribution in [0.15, 0.2) is 106 Å². The molecule has 0 atom stereocenters. The van der Waals surface area contributed by atoms with Gasteiger partial charge in [0.2, 0.25) is 0 Å². The van der Waals surface area contributed by atoms with Gasteiger partial charge in [0.15, 0.2) is 0 Å². The minimum atomic E-state index is 1.06. The Balaban J connectivity index is 1.68. The molecule has 1 aliphatic heterocycles. The number of allylic oxidation sites excluding steroid dienone is 6. The predicted molar refractivity (Wildman–Crippen MR) is 138 cm³/mol. The molecule has 1 heteroatoms. The third-order valence-electron chi connectivity index (χ3n) is 6.25. The average Bonchev–Trinajstić information content (AvgIpc) is 3.18. The lowest BCUT2D eigenvalue weighted by Crippen LogP contribution is -2.22. The van der Waals surface area contributed by atoms with E-state index in [0.717, 1.165) is 18.1 Å². The molecule has 5 rings (SSSR count). The first-order valence-electron chi connectivity index (χ1n) is 10.9. The van der Waals surface area contributed by atoms with E-state index in [1.54, 1.807) is 0 Å². The van der Waals surface area contributed by atoms with Crippen molar-refractivity contribution >= 4 is 40.1 Å². The molecule has 0 amide bonds. The summed E-state index contributed by atoms with van der Waals surface area (Å²) in [6, 6.07) is 23.8. The average molecular weight is 419 g/mol. The monoisotopic (exact) mass is 418 g/mol. The van der Waals surface area contributed by atoms with E-state index in [2.05, 4.69) is 99.3 Å². The fourth-order valence-electron chi connectivity index (χ4n) is 4.46. The summed E-state index contributed by atoms with van der Waals surface area (Å²) in [5.41, 5.74) is 6.94. The lowest BCUT2D eigenvalue weighted by molar-refractivity contribution is 1.00. The van der Waals surface area contributed by atoms with Crippen LogP contribution in [0.3, 0.4) is 0 Å². The summed E-state index contributed by atoms with van der Waals surface area (Å²) >= 11 is 1.94. The molecule has 0 saturated heterocycles. The summed E-state index contributed by atoms with van der Waals surface area (Å²) in [5.74, 6) is 0. The van der Waals surface area contributed by atoms with Gasteiger partial charge in [-0.25, -0.2) is 0 Å². The van der Waals surface area contributed by atoms with Crippen LogP contribution in [0.5, 0.6) is 0 Å². The lowest BCUT2D eigenvalue weighted by atomic mass is 9.95. The zero-order chi connectivity index (χ0) is 21.4. The van der Waals surface area contributed by atoms with Gasteiger partial charge >= 0.3 is 0 Å². The Hall–Kier alpha value is -3.03. The molecule has 0 saturated carbocycles. The van der Waals surface area contributed by atoms with E-state index in [9.17, 15) is 0 Å². The number of thioether (sulfide) groups is 1. The molecule has 152 valence electrons.